The number of carbonyl (C=O) groups is 5. The van der Waals surface area contributed by atoms with Gasteiger partial charge in [0.2, 0.25) is 17.7 Å². The number of hydrogen-bond acceptors (Lipinski definition) is 12. The highest BCUT2D eigenvalue weighted by atomic mass is 16.5. The molecule has 17 heteroatoms. The maximum absolute atomic E-state index is 14.7. The molecule has 4 aliphatic rings. The van der Waals surface area contributed by atoms with E-state index in [9.17, 15) is 29.1 Å². The van der Waals surface area contributed by atoms with Gasteiger partial charge in [0.15, 0.2) is 0 Å². The minimum Gasteiger partial charge on any atom is -0.508 e. The SMILES string of the molecule is CCn1c(-c2cc(C3CCN(C)CC3)cnc2[C@H](C)OC)c(CC(C)(C)COC=O)c2cc(-c3cc(O)cc(C[C@H](NC(=O)[C@H](C4CCCC4)N(C)C(=O)CN(C)C(=O)[C@H]4CN4)C(=O)N4CCCCN4)c3)ccc21. The number of nitrogens with one attached hydrogen (secondary N) is 3. The fraction of sp³-hybridized carbons (Fsp3) is 0.579. The Bertz CT molecular complexity index is 2660. The van der Waals surface area contributed by atoms with Crippen molar-refractivity contribution >= 4 is 41.0 Å². The number of carbonyl (C=O) groups excluding carboxylic acids is 5. The first-order chi connectivity index (χ1) is 35.5. The number of hydrazine groups is 1. The largest absolute Gasteiger partial charge is 0.508 e. The van der Waals surface area contributed by atoms with Crippen LogP contribution >= 0.6 is 0 Å². The highest BCUT2D eigenvalue weighted by molar-refractivity contribution is 5.96. The van der Waals surface area contributed by atoms with E-state index in [1.54, 1.807) is 38.3 Å². The zero-order valence-corrected chi connectivity index (χ0v) is 44.9. The number of aromatic hydroxyl groups is 1. The Balaban J connectivity index is 1.17. The second-order valence-corrected chi connectivity index (χ2v) is 22.1. The van der Waals surface area contributed by atoms with Crippen LogP contribution in [0.4, 0.5) is 0 Å². The van der Waals surface area contributed by atoms with Gasteiger partial charge in [-0.3, -0.25) is 34.0 Å². The number of phenols is 1. The van der Waals surface area contributed by atoms with E-state index in [1.165, 1.54) is 15.4 Å². The molecular weight excluding hydrogens is 939 g/mol. The molecule has 4 fully saturated rings. The summed E-state index contributed by atoms with van der Waals surface area (Å²) in [6, 6.07) is 11.8. The number of phenolic OH excluding ortho intramolecular Hbond substituents is 1. The molecule has 400 valence electrons. The zero-order valence-electron chi connectivity index (χ0n) is 44.9. The van der Waals surface area contributed by atoms with Crippen molar-refractivity contribution in [2.75, 3.05) is 74.1 Å². The lowest BCUT2D eigenvalue weighted by Crippen LogP contribution is -2.60. The molecule has 4 amide bonds. The first kappa shape index (κ1) is 54.4. The molecule has 2 aromatic heterocycles. The summed E-state index contributed by atoms with van der Waals surface area (Å²) >= 11 is 0. The van der Waals surface area contributed by atoms with Crippen molar-refractivity contribution in [3.05, 3.63) is 71.0 Å². The number of aryl methyl sites for hydroxylation is 1. The van der Waals surface area contributed by atoms with Gasteiger partial charge in [-0.1, -0.05) is 38.8 Å². The number of aromatic nitrogens is 2. The van der Waals surface area contributed by atoms with Crippen LogP contribution in [0.5, 0.6) is 5.75 Å². The molecule has 0 spiro atoms. The number of hydrogen-bond donors (Lipinski definition) is 4. The number of rotatable bonds is 21. The quantitative estimate of drug-likeness (QED) is 0.0566. The second-order valence-electron chi connectivity index (χ2n) is 22.1. The molecule has 3 saturated heterocycles. The number of likely N-dealkylation sites (N-methyl/N-ethyl adjacent to an activating group) is 2. The Morgan fingerprint density at radius 1 is 0.986 bits per heavy atom. The molecule has 4 atom stereocenters. The average Bonchev–Trinajstić information content (AvgIpc) is 4.03. The molecule has 74 heavy (non-hydrogen) atoms. The van der Waals surface area contributed by atoms with Crippen molar-refractivity contribution in [1.29, 1.82) is 0 Å². The maximum atomic E-state index is 14.7. The predicted molar refractivity (Wildman–Crippen MR) is 285 cm³/mol. The number of benzene rings is 2. The van der Waals surface area contributed by atoms with Crippen LogP contribution < -0.4 is 16.1 Å². The van der Waals surface area contributed by atoms with Crippen molar-refractivity contribution in [3.63, 3.8) is 0 Å². The van der Waals surface area contributed by atoms with Crippen LogP contribution in [0.2, 0.25) is 0 Å². The topological polar surface area (TPSA) is 201 Å². The lowest BCUT2D eigenvalue weighted by Gasteiger charge is -2.35. The summed E-state index contributed by atoms with van der Waals surface area (Å²) in [6.07, 6.45) is 9.54. The molecule has 4 aromatic rings. The standard InChI is InChI=1S/C57H79N9O8/c1-9-65-49-17-16-40(28-44(49)46(30-57(3,4)34-74-35-67)53(65)45-29-42(31-59-51(45)36(2)73-8)38-18-22-62(5)23-19-38)41-24-37(25-43(68)27-41)26-47(56(72)66-21-13-12-20-60-66)61-54(70)52(39-14-10-11-15-39)64(7)50(69)33-63(6)55(71)48-32-58-48/h16-17,24-25,27-29,31,35-36,38-39,47-48,52,58,60,68H,9-15,18-23,26,30,32-34H2,1-8H3,(H,61,70)/t36-,47-,48+,52-/m0/s1. The fourth-order valence-electron chi connectivity index (χ4n) is 11.6. The number of nitrogens with zero attached hydrogens (tertiary/aromatic N) is 6. The Morgan fingerprint density at radius 3 is 2.39 bits per heavy atom. The van der Waals surface area contributed by atoms with Crippen LogP contribution in [0, 0.1) is 11.3 Å². The van der Waals surface area contributed by atoms with Crippen molar-refractivity contribution in [2.24, 2.45) is 11.3 Å². The van der Waals surface area contributed by atoms with Crippen LogP contribution in [0.25, 0.3) is 33.3 Å². The summed E-state index contributed by atoms with van der Waals surface area (Å²) in [5.41, 5.74) is 11.2. The first-order valence-corrected chi connectivity index (χ1v) is 26.8. The zero-order chi connectivity index (χ0) is 52.8. The third-order valence-corrected chi connectivity index (χ3v) is 15.9. The van der Waals surface area contributed by atoms with Crippen molar-refractivity contribution in [2.45, 2.75) is 129 Å². The molecule has 8 rings (SSSR count). The van der Waals surface area contributed by atoms with Gasteiger partial charge < -0.3 is 44.5 Å². The smallest absolute Gasteiger partial charge is 0.293 e. The van der Waals surface area contributed by atoms with Crippen molar-refractivity contribution in [1.82, 2.24) is 45.3 Å². The lowest BCUT2D eigenvalue weighted by atomic mass is 9.83. The van der Waals surface area contributed by atoms with E-state index in [1.807, 2.05) is 19.2 Å². The van der Waals surface area contributed by atoms with E-state index in [0.717, 1.165) is 109 Å². The van der Waals surface area contributed by atoms with Gasteiger partial charge in [0.1, 0.15) is 17.8 Å². The van der Waals surface area contributed by atoms with Crippen molar-refractivity contribution < 1.29 is 38.6 Å². The summed E-state index contributed by atoms with van der Waals surface area (Å²) < 4.78 is 13.8. The minimum atomic E-state index is -1.03. The number of likely N-dealkylation sites (tertiary alicyclic amines) is 1. The Hall–Kier alpha value is -5.88. The lowest BCUT2D eigenvalue weighted by molar-refractivity contribution is -0.146. The summed E-state index contributed by atoms with van der Waals surface area (Å²) in [5, 5.41) is 20.2. The number of amides is 4. The van der Waals surface area contributed by atoms with E-state index in [2.05, 4.69) is 77.6 Å². The van der Waals surface area contributed by atoms with Crippen molar-refractivity contribution in [3.8, 4) is 28.1 Å². The fourth-order valence-corrected chi connectivity index (χ4v) is 11.6. The number of pyridine rings is 1. The molecule has 2 aromatic carbocycles. The molecule has 0 radical (unpaired) electrons. The first-order valence-electron chi connectivity index (χ1n) is 26.8. The normalized spacial score (nSPS) is 19.0. The van der Waals surface area contributed by atoms with Gasteiger partial charge in [-0.15, -0.1) is 0 Å². The van der Waals surface area contributed by atoms with E-state index >= 15 is 0 Å². The summed E-state index contributed by atoms with van der Waals surface area (Å²) in [6.45, 7) is 13.3. The summed E-state index contributed by atoms with van der Waals surface area (Å²) in [7, 11) is 7.09. The molecule has 5 heterocycles. The van der Waals surface area contributed by atoms with Crippen LogP contribution in [-0.4, -0.2) is 157 Å². The van der Waals surface area contributed by atoms with Gasteiger partial charge in [0, 0.05) is 81.9 Å². The third kappa shape index (κ3) is 12.4. The molecule has 4 N–H and O–H groups in total. The van der Waals surface area contributed by atoms with Crippen LogP contribution in [0.15, 0.2) is 48.7 Å². The minimum absolute atomic E-state index is 0.00891. The maximum Gasteiger partial charge on any atom is 0.293 e. The molecule has 1 saturated carbocycles. The van der Waals surface area contributed by atoms with Crippen LogP contribution in [0.3, 0.4) is 0 Å². The predicted octanol–water partition coefficient (Wildman–Crippen LogP) is 5.96. The summed E-state index contributed by atoms with van der Waals surface area (Å²) in [5.74, 6) is -0.986. The van der Waals surface area contributed by atoms with E-state index < -0.39 is 23.4 Å². The molecular formula is C57H79N9O8. The van der Waals surface area contributed by atoms with Crippen LogP contribution in [0.1, 0.15) is 113 Å². The number of piperidine rings is 1. The molecule has 0 bridgehead atoms. The number of fused-ring (bicyclic) bond motifs is 1. The number of ether oxygens (including phenoxy) is 2. The van der Waals surface area contributed by atoms with E-state index in [0.29, 0.717) is 50.6 Å². The van der Waals surface area contributed by atoms with Crippen LogP contribution in [-0.2, 0) is 52.8 Å². The second kappa shape index (κ2) is 23.8. The monoisotopic (exact) mass is 1020 g/mol. The Morgan fingerprint density at radius 2 is 1.73 bits per heavy atom. The molecule has 0 unspecified atom stereocenters. The van der Waals surface area contributed by atoms with E-state index in [-0.39, 0.29) is 61.1 Å². The van der Waals surface area contributed by atoms with Gasteiger partial charge in [-0.05, 0) is 149 Å². The average molecular weight is 1020 g/mol. The Kier molecular flexibility index (Phi) is 17.5. The van der Waals surface area contributed by atoms with Gasteiger partial charge in [-0.2, -0.15) is 0 Å². The number of methoxy groups -OCH3 is 1. The molecule has 1 aliphatic carbocycles. The molecule has 17 nitrogen and oxygen atoms in total. The van der Waals surface area contributed by atoms with Gasteiger partial charge in [-0.25, -0.2) is 5.43 Å². The summed E-state index contributed by atoms with van der Waals surface area (Å²) in [4.78, 5) is 77.9. The molecule has 3 aliphatic heterocycles. The van der Waals surface area contributed by atoms with E-state index in [4.69, 9.17) is 14.5 Å². The van der Waals surface area contributed by atoms with Gasteiger partial charge >= 0.3 is 0 Å². The Labute approximate surface area is 436 Å². The highest BCUT2D eigenvalue weighted by Gasteiger charge is 2.40. The van der Waals surface area contributed by atoms with Gasteiger partial charge in [0.05, 0.1) is 36.7 Å². The highest BCUT2D eigenvalue weighted by Crippen LogP contribution is 2.44. The third-order valence-electron chi connectivity index (χ3n) is 15.9. The van der Waals surface area contributed by atoms with Gasteiger partial charge in [0.25, 0.3) is 12.4 Å².